The van der Waals surface area contributed by atoms with Crippen molar-refractivity contribution in [2.75, 3.05) is 0 Å². The quantitative estimate of drug-likeness (QED) is 0.258. The van der Waals surface area contributed by atoms with Crippen molar-refractivity contribution in [2.24, 2.45) is 0 Å². The number of carbonyl (C=O) groups excluding carboxylic acids is 2. The van der Waals surface area contributed by atoms with Crippen LogP contribution in [0.1, 0.15) is 39.7 Å². The van der Waals surface area contributed by atoms with Gasteiger partial charge in [-0.2, -0.15) is 0 Å². The van der Waals surface area contributed by atoms with Crippen molar-refractivity contribution in [3.05, 3.63) is 132 Å². The van der Waals surface area contributed by atoms with Gasteiger partial charge in [-0.05, 0) is 47.5 Å². The van der Waals surface area contributed by atoms with Crippen LogP contribution < -0.4 is 0 Å². The molecule has 0 unspecified atom stereocenters. The molecule has 204 valence electrons. The maximum Gasteiger partial charge on any atom is 0.331 e. The van der Waals surface area contributed by atoms with Gasteiger partial charge in [-0.1, -0.05) is 72.8 Å². The van der Waals surface area contributed by atoms with Crippen molar-refractivity contribution < 1.29 is 35.2 Å². The summed E-state index contributed by atoms with van der Waals surface area (Å²) in [6.07, 6.45) is -0.495. The van der Waals surface area contributed by atoms with E-state index in [1.807, 2.05) is 0 Å². The van der Waals surface area contributed by atoms with Crippen LogP contribution >= 0.6 is 0 Å². The van der Waals surface area contributed by atoms with Gasteiger partial charge in [0.2, 0.25) is 19.7 Å². The van der Waals surface area contributed by atoms with Gasteiger partial charge in [0, 0.05) is 12.0 Å². The third kappa shape index (κ3) is 4.28. The second-order valence-corrected chi connectivity index (χ2v) is 13.8. The van der Waals surface area contributed by atoms with E-state index < -0.39 is 75.0 Å². The molecular formula is C30H22F2O6S2. The minimum Gasteiger partial charge on any atom is -0.298 e. The largest absolute Gasteiger partial charge is 0.331 e. The minimum absolute atomic E-state index is 0.00534. The SMILES string of the molecule is O=C(C[C@H]1C(=O)[C@@H](C(F)(S(=O)(=O)c2ccccc2)S(=O)(=O)c2ccccc2)c2cc(F)ccc21)c1ccccc1. The van der Waals surface area contributed by atoms with E-state index in [4.69, 9.17) is 0 Å². The van der Waals surface area contributed by atoms with Crippen molar-refractivity contribution in [1.82, 2.24) is 0 Å². The normalized spacial score (nSPS) is 17.4. The van der Waals surface area contributed by atoms with E-state index in [-0.39, 0.29) is 11.1 Å². The maximum atomic E-state index is 17.7. The Balaban J connectivity index is 1.75. The fourth-order valence-electron chi connectivity index (χ4n) is 5.09. The molecule has 6 nitrogen and oxygen atoms in total. The number of sulfone groups is 2. The number of Topliss-reactive ketones (excluding diaryl/α,β-unsaturated/α-hetero) is 2. The van der Waals surface area contributed by atoms with Crippen LogP contribution in [0.15, 0.2) is 119 Å². The number of carbonyl (C=O) groups is 2. The Labute approximate surface area is 230 Å². The number of alkyl halides is 1. The lowest BCUT2D eigenvalue weighted by Gasteiger charge is -2.30. The average molecular weight is 581 g/mol. The van der Waals surface area contributed by atoms with Crippen molar-refractivity contribution in [1.29, 1.82) is 0 Å². The third-order valence-corrected chi connectivity index (χ3v) is 12.1. The maximum absolute atomic E-state index is 17.7. The molecule has 4 aromatic rings. The van der Waals surface area contributed by atoms with Crippen LogP contribution in [-0.4, -0.2) is 32.7 Å². The zero-order valence-corrected chi connectivity index (χ0v) is 22.4. The number of fused-ring (bicyclic) bond motifs is 1. The summed E-state index contributed by atoms with van der Waals surface area (Å²) < 4.78 is 83.9. The first kappa shape index (κ1) is 27.5. The van der Waals surface area contributed by atoms with E-state index in [2.05, 4.69) is 0 Å². The molecule has 4 aromatic carbocycles. The number of benzene rings is 4. The molecular weight excluding hydrogens is 558 g/mol. The van der Waals surface area contributed by atoms with E-state index in [1.54, 1.807) is 18.2 Å². The smallest absolute Gasteiger partial charge is 0.298 e. The van der Waals surface area contributed by atoms with Crippen molar-refractivity contribution in [3.63, 3.8) is 0 Å². The minimum atomic E-state index is -5.47. The van der Waals surface area contributed by atoms with Gasteiger partial charge < -0.3 is 0 Å². The van der Waals surface area contributed by atoms with E-state index in [0.29, 0.717) is 0 Å². The fourth-order valence-corrected chi connectivity index (χ4v) is 9.60. The molecule has 0 aromatic heterocycles. The predicted octanol–water partition coefficient (Wildman–Crippen LogP) is 5.42. The van der Waals surface area contributed by atoms with E-state index in [0.717, 1.165) is 42.5 Å². The Bertz CT molecular complexity index is 1740. The molecule has 0 spiro atoms. The standard InChI is InChI=1S/C30H22F2O6S2/c31-21-16-17-24-25(18-21)28(29(34)26(24)19-27(33)20-10-4-1-5-11-20)30(32,39(35,36)22-12-6-2-7-13-22)40(37,38)23-14-8-3-9-15-23/h1-18,26,28H,19H2/t26-,28+/m1/s1. The molecule has 0 N–H and O–H groups in total. The zero-order valence-electron chi connectivity index (χ0n) is 20.8. The van der Waals surface area contributed by atoms with Gasteiger partial charge in [0.25, 0.3) is 0 Å². The number of ketones is 2. The summed E-state index contributed by atoms with van der Waals surface area (Å²) in [6.45, 7) is 0. The van der Waals surface area contributed by atoms with Gasteiger partial charge in [0.15, 0.2) is 11.6 Å². The number of rotatable bonds is 8. The first-order valence-electron chi connectivity index (χ1n) is 12.2. The first-order chi connectivity index (χ1) is 19.0. The molecule has 1 aliphatic carbocycles. The monoisotopic (exact) mass is 580 g/mol. The molecule has 5 rings (SSSR count). The van der Waals surface area contributed by atoms with Gasteiger partial charge in [-0.15, -0.1) is 0 Å². The van der Waals surface area contributed by atoms with Crippen LogP contribution in [0.2, 0.25) is 0 Å². The highest BCUT2D eigenvalue weighted by Gasteiger charge is 2.68. The molecule has 0 saturated carbocycles. The molecule has 40 heavy (non-hydrogen) atoms. The first-order valence-corrected chi connectivity index (χ1v) is 15.2. The van der Waals surface area contributed by atoms with Gasteiger partial charge in [-0.25, -0.2) is 25.6 Å². The lowest BCUT2D eigenvalue weighted by molar-refractivity contribution is -0.122. The van der Waals surface area contributed by atoms with Crippen molar-refractivity contribution in [2.45, 2.75) is 32.4 Å². The summed E-state index contributed by atoms with van der Waals surface area (Å²) in [6, 6.07) is 23.0. The highest BCUT2D eigenvalue weighted by atomic mass is 32.3. The number of hydrogen-bond acceptors (Lipinski definition) is 6. The van der Waals surface area contributed by atoms with E-state index >= 15 is 4.39 Å². The van der Waals surface area contributed by atoms with Crippen molar-refractivity contribution in [3.8, 4) is 0 Å². The van der Waals surface area contributed by atoms with Gasteiger partial charge in [0.05, 0.1) is 15.7 Å². The molecule has 0 bridgehead atoms. The van der Waals surface area contributed by atoms with Crippen LogP contribution in [0.3, 0.4) is 0 Å². The van der Waals surface area contributed by atoms with E-state index in [1.165, 1.54) is 48.5 Å². The molecule has 0 amide bonds. The second-order valence-electron chi connectivity index (χ2n) is 9.37. The summed E-state index contributed by atoms with van der Waals surface area (Å²) in [5.74, 6) is -6.45. The Morgan fingerprint density at radius 3 is 1.68 bits per heavy atom. The predicted molar refractivity (Wildman–Crippen MR) is 143 cm³/mol. The summed E-state index contributed by atoms with van der Waals surface area (Å²) >= 11 is 0. The molecule has 0 heterocycles. The summed E-state index contributed by atoms with van der Waals surface area (Å²) in [4.78, 5) is 25.7. The zero-order chi connectivity index (χ0) is 28.7. The Hall–Kier alpha value is -4.02. The topological polar surface area (TPSA) is 102 Å². The molecule has 0 aliphatic heterocycles. The Morgan fingerprint density at radius 1 is 0.700 bits per heavy atom. The van der Waals surface area contributed by atoms with Crippen molar-refractivity contribution >= 4 is 31.2 Å². The van der Waals surface area contributed by atoms with Gasteiger partial charge >= 0.3 is 4.33 Å². The molecule has 2 atom stereocenters. The van der Waals surface area contributed by atoms with Crippen LogP contribution in [0, 0.1) is 5.82 Å². The molecule has 0 fully saturated rings. The number of hydrogen-bond donors (Lipinski definition) is 0. The molecule has 0 saturated heterocycles. The molecule has 1 aliphatic rings. The number of halogens is 2. The van der Waals surface area contributed by atoms with Crippen LogP contribution in [0.25, 0.3) is 0 Å². The lowest BCUT2D eigenvalue weighted by atomic mass is 9.92. The third-order valence-electron chi connectivity index (χ3n) is 7.03. The van der Waals surface area contributed by atoms with Crippen LogP contribution in [-0.2, 0) is 24.5 Å². The summed E-state index contributed by atoms with van der Waals surface area (Å²) in [7, 11) is -10.9. The Kier molecular flexibility index (Phi) is 7.01. The van der Waals surface area contributed by atoms with Gasteiger partial charge in [0.1, 0.15) is 11.7 Å². The average Bonchev–Trinajstić information content (AvgIpc) is 3.23. The van der Waals surface area contributed by atoms with Crippen LogP contribution in [0.4, 0.5) is 8.78 Å². The molecule has 10 heteroatoms. The second kappa shape index (κ2) is 10.2. The lowest BCUT2D eigenvalue weighted by Crippen LogP contribution is -2.49. The Morgan fingerprint density at radius 2 is 1.18 bits per heavy atom. The molecule has 0 radical (unpaired) electrons. The van der Waals surface area contributed by atoms with Crippen LogP contribution in [0.5, 0.6) is 0 Å². The summed E-state index contributed by atoms with van der Waals surface area (Å²) in [5, 5.41) is 0. The van der Waals surface area contributed by atoms with Gasteiger partial charge in [-0.3, -0.25) is 9.59 Å². The van der Waals surface area contributed by atoms with E-state index in [9.17, 15) is 30.8 Å². The highest BCUT2D eigenvalue weighted by molar-refractivity contribution is 8.10. The fraction of sp³-hybridized carbons (Fsp3) is 0.133. The summed E-state index contributed by atoms with van der Waals surface area (Å²) in [5.41, 5.74) is -0.186. The highest BCUT2D eigenvalue weighted by Crippen LogP contribution is 2.54.